The summed E-state index contributed by atoms with van der Waals surface area (Å²) in [6.45, 7) is 3.79. The second-order valence-corrected chi connectivity index (χ2v) is 5.26. The highest BCUT2D eigenvalue weighted by molar-refractivity contribution is 6.06. The summed E-state index contributed by atoms with van der Waals surface area (Å²) < 4.78 is 0. The van der Waals surface area contributed by atoms with Crippen molar-refractivity contribution in [1.29, 1.82) is 0 Å². The van der Waals surface area contributed by atoms with Gasteiger partial charge < -0.3 is 10.2 Å². The van der Waals surface area contributed by atoms with Gasteiger partial charge in [0.25, 0.3) is 5.91 Å². The Kier molecular flexibility index (Phi) is 4.52. The molecule has 0 atom stereocenters. The first-order chi connectivity index (χ1) is 9.99. The molecule has 0 fully saturated rings. The Balaban J connectivity index is 2.20. The number of para-hydroxylation sites is 1. The van der Waals surface area contributed by atoms with Gasteiger partial charge in [0.15, 0.2) is 0 Å². The molecule has 0 radical (unpaired) electrons. The third-order valence-corrected chi connectivity index (χ3v) is 3.04. The Bertz CT molecular complexity index is 662. The molecule has 0 aliphatic carbocycles. The number of amides is 2. The lowest BCUT2D eigenvalue weighted by Gasteiger charge is -2.18. The van der Waals surface area contributed by atoms with Crippen molar-refractivity contribution in [2.24, 2.45) is 0 Å². The van der Waals surface area contributed by atoms with E-state index in [4.69, 9.17) is 0 Å². The minimum Gasteiger partial charge on any atom is -0.352 e. The van der Waals surface area contributed by atoms with E-state index >= 15 is 0 Å². The highest BCUT2D eigenvalue weighted by Crippen LogP contribution is 2.17. The lowest BCUT2D eigenvalue weighted by atomic mass is 10.1. The van der Waals surface area contributed by atoms with E-state index in [0.717, 1.165) is 5.39 Å². The largest absolute Gasteiger partial charge is 0.352 e. The van der Waals surface area contributed by atoms with Gasteiger partial charge in [-0.15, -0.1) is 0 Å². The molecule has 1 aromatic carbocycles. The quantitative estimate of drug-likeness (QED) is 0.932. The number of rotatable bonds is 4. The second-order valence-electron chi connectivity index (χ2n) is 5.26. The number of nitrogens with zero attached hydrogens (tertiary/aromatic N) is 2. The SMILES string of the molecule is CC(C)NC(=O)CN(C)C(=O)c1cccc2cccnc12. The molecule has 1 N–H and O–H groups in total. The first-order valence-electron chi connectivity index (χ1n) is 6.87. The number of likely N-dealkylation sites (N-methyl/N-ethyl adjacent to an activating group) is 1. The Morgan fingerprint density at radius 3 is 2.67 bits per heavy atom. The molecule has 1 heterocycles. The number of benzene rings is 1. The summed E-state index contributed by atoms with van der Waals surface area (Å²) in [5.74, 6) is -0.382. The van der Waals surface area contributed by atoms with E-state index in [-0.39, 0.29) is 24.4 Å². The fourth-order valence-electron chi connectivity index (χ4n) is 2.14. The number of carbonyl (C=O) groups excluding carboxylic acids is 2. The van der Waals surface area contributed by atoms with Crippen LogP contribution in [0.2, 0.25) is 0 Å². The third kappa shape index (κ3) is 3.56. The molecule has 21 heavy (non-hydrogen) atoms. The second kappa shape index (κ2) is 6.35. The lowest BCUT2D eigenvalue weighted by Crippen LogP contribution is -2.40. The smallest absolute Gasteiger partial charge is 0.256 e. The molecule has 1 aromatic heterocycles. The number of nitrogens with one attached hydrogen (secondary N) is 1. The van der Waals surface area contributed by atoms with Crippen LogP contribution in [0.3, 0.4) is 0 Å². The maximum Gasteiger partial charge on any atom is 0.256 e. The number of aromatic nitrogens is 1. The molecule has 0 spiro atoms. The van der Waals surface area contributed by atoms with Crippen LogP contribution < -0.4 is 5.32 Å². The van der Waals surface area contributed by atoms with Crippen LogP contribution in [0, 0.1) is 0 Å². The molecule has 0 saturated heterocycles. The predicted octanol–water partition coefficient (Wildman–Crippen LogP) is 1.83. The van der Waals surface area contributed by atoms with Crippen LogP contribution in [0.15, 0.2) is 36.5 Å². The first kappa shape index (κ1) is 15.0. The van der Waals surface area contributed by atoms with Crippen LogP contribution in [0.25, 0.3) is 10.9 Å². The minimum atomic E-state index is -0.210. The maximum absolute atomic E-state index is 12.5. The average Bonchev–Trinajstić information content (AvgIpc) is 2.44. The summed E-state index contributed by atoms with van der Waals surface area (Å²) in [6.07, 6.45) is 1.66. The zero-order valence-corrected chi connectivity index (χ0v) is 12.5. The number of hydrogen-bond donors (Lipinski definition) is 1. The van der Waals surface area contributed by atoms with E-state index in [1.165, 1.54) is 4.90 Å². The Hall–Kier alpha value is -2.43. The molecule has 2 rings (SSSR count). The van der Waals surface area contributed by atoms with Crippen molar-refractivity contribution in [3.63, 3.8) is 0 Å². The summed E-state index contributed by atoms with van der Waals surface area (Å²) in [5.41, 5.74) is 1.16. The summed E-state index contributed by atoms with van der Waals surface area (Å²) in [4.78, 5) is 29.9. The molecular weight excluding hydrogens is 266 g/mol. The van der Waals surface area contributed by atoms with E-state index < -0.39 is 0 Å². The van der Waals surface area contributed by atoms with E-state index in [1.807, 2.05) is 38.1 Å². The molecule has 0 aliphatic rings. The van der Waals surface area contributed by atoms with Gasteiger partial charge in [-0.1, -0.05) is 18.2 Å². The van der Waals surface area contributed by atoms with Crippen LogP contribution in [-0.4, -0.2) is 41.3 Å². The van der Waals surface area contributed by atoms with Gasteiger partial charge in [-0.3, -0.25) is 14.6 Å². The van der Waals surface area contributed by atoms with Gasteiger partial charge in [0, 0.05) is 24.7 Å². The standard InChI is InChI=1S/C16H19N3O2/c1-11(2)18-14(20)10-19(3)16(21)13-8-4-6-12-7-5-9-17-15(12)13/h4-9,11H,10H2,1-3H3,(H,18,20). The fraction of sp³-hybridized carbons (Fsp3) is 0.312. The Morgan fingerprint density at radius 2 is 1.95 bits per heavy atom. The van der Waals surface area contributed by atoms with Crippen molar-refractivity contribution in [1.82, 2.24) is 15.2 Å². The summed E-state index contributed by atoms with van der Waals surface area (Å²) >= 11 is 0. The van der Waals surface area contributed by atoms with Gasteiger partial charge in [0.05, 0.1) is 17.6 Å². The predicted molar refractivity (Wildman–Crippen MR) is 82.0 cm³/mol. The zero-order chi connectivity index (χ0) is 15.4. The molecule has 0 bridgehead atoms. The van der Waals surface area contributed by atoms with Crippen molar-refractivity contribution in [2.45, 2.75) is 19.9 Å². The van der Waals surface area contributed by atoms with Crippen LogP contribution in [0.4, 0.5) is 0 Å². The fourth-order valence-corrected chi connectivity index (χ4v) is 2.14. The molecule has 5 nitrogen and oxygen atoms in total. The first-order valence-corrected chi connectivity index (χ1v) is 6.87. The topological polar surface area (TPSA) is 62.3 Å². The molecule has 5 heteroatoms. The molecule has 110 valence electrons. The highest BCUT2D eigenvalue weighted by atomic mass is 16.2. The van der Waals surface area contributed by atoms with E-state index in [9.17, 15) is 9.59 Å². The highest BCUT2D eigenvalue weighted by Gasteiger charge is 2.17. The molecule has 2 amide bonds. The van der Waals surface area contributed by atoms with Crippen molar-refractivity contribution >= 4 is 22.7 Å². The van der Waals surface area contributed by atoms with Crippen LogP contribution in [0.1, 0.15) is 24.2 Å². The van der Waals surface area contributed by atoms with Crippen LogP contribution >= 0.6 is 0 Å². The van der Waals surface area contributed by atoms with Gasteiger partial charge in [-0.2, -0.15) is 0 Å². The molecule has 0 aliphatic heterocycles. The molecule has 2 aromatic rings. The Morgan fingerprint density at radius 1 is 1.24 bits per heavy atom. The van der Waals surface area contributed by atoms with Crippen LogP contribution in [-0.2, 0) is 4.79 Å². The van der Waals surface area contributed by atoms with Crippen molar-refractivity contribution in [2.75, 3.05) is 13.6 Å². The Labute approximate surface area is 124 Å². The van der Waals surface area contributed by atoms with Crippen molar-refractivity contribution in [3.8, 4) is 0 Å². The van der Waals surface area contributed by atoms with Gasteiger partial charge in [-0.05, 0) is 26.0 Å². The minimum absolute atomic E-state index is 0.0280. The van der Waals surface area contributed by atoms with E-state index in [2.05, 4.69) is 10.3 Å². The number of fused-ring (bicyclic) bond motifs is 1. The monoisotopic (exact) mass is 285 g/mol. The van der Waals surface area contributed by atoms with Crippen LogP contribution in [0.5, 0.6) is 0 Å². The third-order valence-electron chi connectivity index (χ3n) is 3.04. The molecule has 0 saturated carbocycles. The van der Waals surface area contributed by atoms with E-state index in [1.54, 1.807) is 19.3 Å². The number of hydrogen-bond acceptors (Lipinski definition) is 3. The summed E-state index contributed by atoms with van der Waals surface area (Å²) in [5, 5.41) is 3.67. The van der Waals surface area contributed by atoms with Gasteiger partial charge in [0.1, 0.15) is 0 Å². The van der Waals surface area contributed by atoms with Crippen molar-refractivity contribution in [3.05, 3.63) is 42.1 Å². The number of carbonyl (C=O) groups is 2. The summed E-state index contributed by atoms with van der Waals surface area (Å²) in [6, 6.07) is 9.25. The molecule has 0 unspecified atom stereocenters. The van der Waals surface area contributed by atoms with Gasteiger partial charge in [-0.25, -0.2) is 0 Å². The van der Waals surface area contributed by atoms with Gasteiger partial charge in [0.2, 0.25) is 5.91 Å². The van der Waals surface area contributed by atoms with Gasteiger partial charge >= 0.3 is 0 Å². The normalized spacial score (nSPS) is 10.7. The maximum atomic E-state index is 12.5. The van der Waals surface area contributed by atoms with Crippen molar-refractivity contribution < 1.29 is 9.59 Å². The lowest BCUT2D eigenvalue weighted by molar-refractivity contribution is -0.122. The zero-order valence-electron chi connectivity index (χ0n) is 12.5. The van der Waals surface area contributed by atoms with E-state index in [0.29, 0.717) is 11.1 Å². The molecular formula is C16H19N3O2. The number of pyridine rings is 1. The average molecular weight is 285 g/mol. The summed E-state index contributed by atoms with van der Waals surface area (Å²) in [7, 11) is 1.62.